The number of ether oxygens (including phenoxy) is 8. The fourth-order valence-electron chi connectivity index (χ4n) is 12.8. The van der Waals surface area contributed by atoms with Gasteiger partial charge in [-0.3, -0.25) is 0 Å². The third-order valence-electron chi connectivity index (χ3n) is 17.1. The normalized spacial score (nSPS) is 13.6. The van der Waals surface area contributed by atoms with Crippen LogP contribution in [0.1, 0.15) is 13.8 Å². The van der Waals surface area contributed by atoms with Gasteiger partial charge in [0.2, 0.25) is 0 Å². The molecule has 0 aliphatic heterocycles. The van der Waals surface area contributed by atoms with Gasteiger partial charge >= 0.3 is 0 Å². The highest BCUT2D eigenvalue weighted by Gasteiger charge is 2.25. The van der Waals surface area contributed by atoms with Crippen molar-refractivity contribution < 1.29 is 48.1 Å². The maximum Gasteiger partial charge on any atom is 0.123 e. The third-order valence-corrected chi connectivity index (χ3v) is 17.1. The molecule has 0 spiro atoms. The second kappa shape index (κ2) is 28.5. The number of nitrogens with zero attached hydrogens (tertiary/aromatic N) is 4. The van der Waals surface area contributed by atoms with Gasteiger partial charge in [-0.05, 0) is 74.5 Å². The lowest BCUT2D eigenvalue weighted by atomic mass is 10.2. The largest absolute Gasteiger partial charge is 0.491 e. The second-order valence-corrected chi connectivity index (χ2v) is 23.1. The van der Waals surface area contributed by atoms with Crippen molar-refractivity contribution in [3.63, 3.8) is 0 Å². The average molecular weight is 1210 g/mol. The molecule has 2 N–H and O–H groups in total. The first-order chi connectivity index (χ1) is 44.4. The van der Waals surface area contributed by atoms with E-state index in [-0.39, 0.29) is 65.1 Å². The zero-order valence-electron chi connectivity index (χ0n) is 51.1. The molecule has 13 aromatic rings. The van der Waals surface area contributed by atoms with Crippen LogP contribution in [-0.4, -0.2) is 131 Å². The van der Waals surface area contributed by atoms with E-state index in [0.29, 0.717) is 50.9 Å². The van der Waals surface area contributed by atoms with Gasteiger partial charge in [0.25, 0.3) is 0 Å². The highest BCUT2D eigenvalue weighted by atomic mass is 16.6. The van der Waals surface area contributed by atoms with Crippen LogP contribution in [-0.2, 0) is 54.6 Å². The van der Waals surface area contributed by atoms with Crippen molar-refractivity contribution in [2.75, 3.05) is 66.1 Å². The van der Waals surface area contributed by atoms with E-state index < -0.39 is 24.4 Å². The molecule has 4 unspecified atom stereocenters. The molecule has 0 bridgehead atoms. The van der Waals surface area contributed by atoms with E-state index in [2.05, 4.69) is 212 Å². The molecule has 0 radical (unpaired) electrons. The summed E-state index contributed by atoms with van der Waals surface area (Å²) in [5.41, 5.74) is 9.17. The Kier molecular flexibility index (Phi) is 19.1. The molecule has 4 heterocycles. The fourth-order valence-corrected chi connectivity index (χ4v) is 12.8. The first-order valence-electron chi connectivity index (χ1n) is 31.6. The summed E-state index contributed by atoms with van der Waals surface area (Å²) in [4.78, 5) is 0. The van der Waals surface area contributed by atoms with Crippen LogP contribution < -0.4 is 9.47 Å². The van der Waals surface area contributed by atoms with Crippen molar-refractivity contribution >= 4 is 87.2 Å². The van der Waals surface area contributed by atoms with E-state index in [1.165, 1.54) is 43.1 Å². The molecule has 14 heteroatoms. The molecule has 13 rings (SSSR count). The number of para-hydroxylation sites is 8. The van der Waals surface area contributed by atoms with Crippen LogP contribution in [0.3, 0.4) is 0 Å². The van der Waals surface area contributed by atoms with Gasteiger partial charge in [0, 0.05) is 107 Å². The first-order valence-corrected chi connectivity index (χ1v) is 31.6. The number of aromatic nitrogens is 4. The number of hydrogen-bond acceptors (Lipinski definition) is 10. The van der Waals surface area contributed by atoms with Crippen LogP contribution in [0.15, 0.2) is 218 Å². The quantitative estimate of drug-likeness (QED) is 0.0420. The van der Waals surface area contributed by atoms with Crippen LogP contribution in [0.25, 0.3) is 87.2 Å². The zero-order valence-corrected chi connectivity index (χ0v) is 51.1. The topological polar surface area (TPSA) is 134 Å². The van der Waals surface area contributed by atoms with E-state index in [4.69, 9.17) is 37.9 Å². The lowest BCUT2D eigenvalue weighted by molar-refractivity contribution is -0.101. The molecule has 90 heavy (non-hydrogen) atoms. The molecule has 0 aliphatic rings. The number of rotatable bonds is 32. The molecule has 0 fully saturated rings. The van der Waals surface area contributed by atoms with Crippen molar-refractivity contribution in [1.29, 1.82) is 0 Å². The van der Waals surface area contributed by atoms with E-state index >= 15 is 0 Å². The lowest BCUT2D eigenvalue weighted by Gasteiger charge is -2.26. The number of benzene rings is 9. The Bertz CT molecular complexity index is 3780. The zero-order chi connectivity index (χ0) is 61.2. The van der Waals surface area contributed by atoms with Crippen molar-refractivity contribution in [1.82, 2.24) is 18.3 Å². The Hall–Kier alpha value is -8.54. The molecule has 0 saturated carbocycles. The Morgan fingerprint density at radius 2 is 0.522 bits per heavy atom. The minimum Gasteiger partial charge on any atom is -0.491 e. The van der Waals surface area contributed by atoms with Gasteiger partial charge < -0.3 is 66.4 Å². The summed E-state index contributed by atoms with van der Waals surface area (Å²) >= 11 is 0. The summed E-state index contributed by atoms with van der Waals surface area (Å²) in [6.45, 7) is 8.23. The van der Waals surface area contributed by atoms with E-state index in [9.17, 15) is 10.2 Å². The molecule has 4 atom stereocenters. The first kappa shape index (κ1) is 60.4. The van der Waals surface area contributed by atoms with Crippen LogP contribution in [0, 0.1) is 0 Å². The van der Waals surface area contributed by atoms with Gasteiger partial charge in [0.15, 0.2) is 0 Å². The molecule has 4 aromatic heterocycles. The highest BCUT2D eigenvalue weighted by molar-refractivity contribution is 6.10. The van der Waals surface area contributed by atoms with E-state index in [1.807, 2.05) is 19.9 Å². The Morgan fingerprint density at radius 1 is 0.278 bits per heavy atom. The summed E-state index contributed by atoms with van der Waals surface area (Å²) in [7, 11) is 0. The Labute approximate surface area is 523 Å². The second-order valence-electron chi connectivity index (χ2n) is 23.1. The summed E-state index contributed by atoms with van der Waals surface area (Å²) in [5, 5.41) is 32.2. The summed E-state index contributed by atoms with van der Waals surface area (Å²) in [6, 6.07) is 75.5. The summed E-state index contributed by atoms with van der Waals surface area (Å²) in [5.74, 6) is 0.990. The number of fused-ring (bicyclic) bond motifs is 12. The number of hydrogen-bond donors (Lipinski definition) is 2. The molecule has 462 valence electrons. The lowest BCUT2D eigenvalue weighted by Crippen LogP contribution is -2.35. The maximum atomic E-state index is 11.3. The predicted octanol–water partition coefficient (Wildman–Crippen LogP) is 14.0. The summed E-state index contributed by atoms with van der Waals surface area (Å²) < 4.78 is 60.3. The molecule has 0 saturated heterocycles. The van der Waals surface area contributed by atoms with E-state index in [1.54, 1.807) is 18.2 Å². The molecule has 0 aliphatic carbocycles. The SMILES string of the molecule is CCOCC(COC(Cn1c2ccccc2c2ccccc21)Cn1c2ccccc2c2ccccc21)OCC(O)COc1cccc(OCC(O)COC(COCC)COC(Cn2c3ccccc3c3ccccc32)Cn2c3ccccc3c3ccccc32)c1. The van der Waals surface area contributed by atoms with Crippen molar-refractivity contribution in [3.8, 4) is 11.5 Å². The van der Waals surface area contributed by atoms with Gasteiger partial charge in [-0.25, -0.2) is 0 Å². The minimum absolute atomic E-state index is 0.00706. The molecule has 14 nitrogen and oxygen atoms in total. The maximum absolute atomic E-state index is 11.3. The molecular formula is C76H78N4O10. The van der Waals surface area contributed by atoms with Crippen LogP contribution in [0.2, 0.25) is 0 Å². The Morgan fingerprint density at radius 3 is 0.778 bits per heavy atom. The minimum atomic E-state index is -0.963. The predicted molar refractivity (Wildman–Crippen MR) is 359 cm³/mol. The fraction of sp³-hybridized carbons (Fsp3) is 0.289. The average Bonchev–Trinajstić information content (AvgIpc) is 1.69. The smallest absolute Gasteiger partial charge is 0.123 e. The molecule has 9 aromatic carbocycles. The standard InChI is InChI=1S/C76H78N4O10/c1-3-83-49-59(51-89-57(41-77-69-32-13-5-24-61(69)62-25-6-14-33-70(62)77)42-78-71-34-15-7-26-63(71)64-27-8-16-35-72(64)78)87-47-53(81)45-85-55-22-21-23-56(40-55)86-46-54(82)48-88-60(50-84-4-2)52-90-58(43-79-73-36-17-9-28-65(73)66-29-10-18-37-74(66)79)44-80-75-38-19-11-30-67(75)68-31-12-20-39-76(68)80/h5-40,53-54,57-60,81-82H,3-4,41-52H2,1-2H3. The Balaban J connectivity index is 0.628. The third kappa shape index (κ3) is 13.3. The van der Waals surface area contributed by atoms with Crippen molar-refractivity contribution in [2.45, 2.75) is 76.7 Å². The van der Waals surface area contributed by atoms with Crippen molar-refractivity contribution in [3.05, 3.63) is 218 Å². The van der Waals surface area contributed by atoms with E-state index in [0.717, 1.165) is 44.1 Å². The highest BCUT2D eigenvalue weighted by Crippen LogP contribution is 2.35. The number of aliphatic hydroxyl groups is 2. The van der Waals surface area contributed by atoms with Gasteiger partial charge in [-0.15, -0.1) is 0 Å². The monoisotopic (exact) mass is 1210 g/mol. The van der Waals surface area contributed by atoms with Gasteiger partial charge in [0.05, 0.1) is 78.0 Å². The van der Waals surface area contributed by atoms with Gasteiger partial charge in [-0.2, -0.15) is 0 Å². The molecule has 0 amide bonds. The van der Waals surface area contributed by atoms with Crippen LogP contribution >= 0.6 is 0 Å². The molecular weight excluding hydrogens is 1130 g/mol. The van der Waals surface area contributed by atoms with Gasteiger partial charge in [0.1, 0.15) is 49.1 Å². The van der Waals surface area contributed by atoms with Crippen molar-refractivity contribution in [2.24, 2.45) is 0 Å². The number of aliphatic hydroxyl groups excluding tert-OH is 2. The van der Waals surface area contributed by atoms with Crippen LogP contribution in [0.5, 0.6) is 11.5 Å². The van der Waals surface area contributed by atoms with Gasteiger partial charge in [-0.1, -0.05) is 152 Å². The van der Waals surface area contributed by atoms with Crippen LogP contribution in [0.4, 0.5) is 0 Å². The summed E-state index contributed by atoms with van der Waals surface area (Å²) in [6.07, 6.45) is -3.43.